The van der Waals surface area contributed by atoms with Crippen LogP contribution in [0.15, 0.2) is 38.0 Å². The van der Waals surface area contributed by atoms with Crippen LogP contribution in [0.4, 0.5) is 0 Å². The minimum atomic E-state index is 0.960. The van der Waals surface area contributed by atoms with Crippen LogP contribution in [-0.4, -0.2) is 86.7 Å². The molecule has 0 saturated carbocycles. The molecule has 4 heteroatoms. The number of nitrogens with zero attached hydrogens (tertiary/aromatic N) is 3. The van der Waals surface area contributed by atoms with E-state index in [2.05, 4.69) is 39.8 Å². The first-order valence-electron chi connectivity index (χ1n) is 8.00. The summed E-state index contributed by atoms with van der Waals surface area (Å²) < 4.78 is 0. The van der Waals surface area contributed by atoms with Crippen molar-refractivity contribution in [2.24, 2.45) is 0 Å². The van der Waals surface area contributed by atoms with E-state index in [0.717, 1.165) is 72.0 Å². The molecule has 1 saturated heterocycles. The standard InChI is InChI=1S/C17H32N4/c1-4-9-19-12-7-18-8-13-20(10-5-2)15-17-21(11-6-3)16-14-19/h4-6,18H,1-3,7-17H2. The van der Waals surface area contributed by atoms with E-state index in [1.165, 1.54) is 0 Å². The van der Waals surface area contributed by atoms with Gasteiger partial charge >= 0.3 is 0 Å². The molecule has 1 heterocycles. The Kier molecular flexibility index (Phi) is 10.1. The Morgan fingerprint density at radius 3 is 1.29 bits per heavy atom. The Balaban J connectivity index is 2.56. The molecule has 4 nitrogen and oxygen atoms in total. The summed E-state index contributed by atoms with van der Waals surface area (Å²) in [6, 6.07) is 0. The molecule has 0 unspecified atom stereocenters. The first-order valence-corrected chi connectivity index (χ1v) is 8.00. The summed E-state index contributed by atoms with van der Waals surface area (Å²) in [5.41, 5.74) is 0. The molecule has 1 N–H and O–H groups in total. The number of hydrogen-bond acceptors (Lipinski definition) is 4. The molecule has 1 rings (SSSR count). The lowest BCUT2D eigenvalue weighted by atomic mass is 10.3. The van der Waals surface area contributed by atoms with E-state index >= 15 is 0 Å². The van der Waals surface area contributed by atoms with Gasteiger partial charge in [-0.05, 0) is 0 Å². The highest BCUT2D eigenvalue weighted by Crippen LogP contribution is 1.97. The Bertz CT molecular complexity index is 279. The van der Waals surface area contributed by atoms with Crippen LogP contribution in [0.5, 0.6) is 0 Å². The molecule has 0 aromatic carbocycles. The molecule has 0 amide bonds. The Labute approximate surface area is 130 Å². The lowest BCUT2D eigenvalue weighted by molar-refractivity contribution is 0.190. The van der Waals surface area contributed by atoms with Gasteiger partial charge in [0.05, 0.1) is 0 Å². The van der Waals surface area contributed by atoms with Gasteiger partial charge < -0.3 is 5.32 Å². The normalized spacial score (nSPS) is 21.1. The number of hydrogen-bond donors (Lipinski definition) is 1. The van der Waals surface area contributed by atoms with Gasteiger partial charge in [0.2, 0.25) is 0 Å². The monoisotopic (exact) mass is 292 g/mol. The van der Waals surface area contributed by atoms with Crippen LogP contribution < -0.4 is 5.32 Å². The molecule has 1 aliphatic heterocycles. The van der Waals surface area contributed by atoms with Gasteiger partial charge in [0, 0.05) is 72.0 Å². The van der Waals surface area contributed by atoms with Crippen LogP contribution in [0.25, 0.3) is 0 Å². The largest absolute Gasteiger partial charge is 0.314 e. The van der Waals surface area contributed by atoms with Crippen LogP contribution in [0.1, 0.15) is 0 Å². The van der Waals surface area contributed by atoms with Crippen LogP contribution in [0.3, 0.4) is 0 Å². The molecule has 0 aromatic rings. The van der Waals surface area contributed by atoms with Crippen LogP contribution in [0, 0.1) is 0 Å². The van der Waals surface area contributed by atoms with Gasteiger partial charge in [0.1, 0.15) is 0 Å². The summed E-state index contributed by atoms with van der Waals surface area (Å²) in [6.07, 6.45) is 5.99. The van der Waals surface area contributed by atoms with Crippen LogP contribution in [0.2, 0.25) is 0 Å². The van der Waals surface area contributed by atoms with Crippen LogP contribution in [-0.2, 0) is 0 Å². The van der Waals surface area contributed by atoms with E-state index in [0.29, 0.717) is 0 Å². The van der Waals surface area contributed by atoms with Crippen molar-refractivity contribution < 1.29 is 0 Å². The van der Waals surface area contributed by atoms with Gasteiger partial charge in [0.15, 0.2) is 0 Å². The molecular formula is C17H32N4. The first kappa shape index (κ1) is 18.1. The second-order valence-corrected chi connectivity index (χ2v) is 5.52. The predicted octanol–water partition coefficient (Wildman–Crippen LogP) is 1.05. The quantitative estimate of drug-likeness (QED) is 0.739. The average Bonchev–Trinajstić information content (AvgIpc) is 2.47. The smallest absolute Gasteiger partial charge is 0.0161 e. The fourth-order valence-electron chi connectivity index (χ4n) is 2.60. The SMILES string of the molecule is C=CCN1CCNCCN(CC=C)CCN(CC=C)CC1. The summed E-state index contributed by atoms with van der Waals surface area (Å²) in [5.74, 6) is 0. The van der Waals surface area contributed by atoms with E-state index in [9.17, 15) is 0 Å². The lowest BCUT2D eigenvalue weighted by Crippen LogP contribution is -2.44. The summed E-state index contributed by atoms with van der Waals surface area (Å²) >= 11 is 0. The highest BCUT2D eigenvalue weighted by atomic mass is 15.2. The maximum atomic E-state index is 3.88. The predicted molar refractivity (Wildman–Crippen MR) is 92.8 cm³/mol. The van der Waals surface area contributed by atoms with Gasteiger partial charge in [-0.1, -0.05) is 18.2 Å². The summed E-state index contributed by atoms with van der Waals surface area (Å²) in [5, 5.41) is 3.53. The second-order valence-electron chi connectivity index (χ2n) is 5.52. The fourth-order valence-corrected chi connectivity index (χ4v) is 2.60. The van der Waals surface area contributed by atoms with E-state index in [1.54, 1.807) is 0 Å². The Hall–Kier alpha value is -0.940. The number of nitrogens with one attached hydrogen (secondary N) is 1. The third kappa shape index (κ3) is 8.17. The van der Waals surface area contributed by atoms with Crippen molar-refractivity contribution in [3.05, 3.63) is 38.0 Å². The average molecular weight is 292 g/mol. The molecule has 0 spiro atoms. The Morgan fingerprint density at radius 1 is 0.619 bits per heavy atom. The molecule has 0 bridgehead atoms. The third-order valence-corrected chi connectivity index (χ3v) is 3.84. The van der Waals surface area contributed by atoms with E-state index < -0.39 is 0 Å². The summed E-state index contributed by atoms with van der Waals surface area (Å²) in [4.78, 5) is 7.40. The molecule has 0 aliphatic carbocycles. The van der Waals surface area contributed by atoms with E-state index in [1.807, 2.05) is 18.2 Å². The molecule has 120 valence electrons. The highest BCUT2D eigenvalue weighted by Gasteiger charge is 2.11. The first-order chi connectivity index (χ1) is 10.3. The van der Waals surface area contributed by atoms with Gasteiger partial charge in [-0.15, -0.1) is 19.7 Å². The van der Waals surface area contributed by atoms with Gasteiger partial charge in [-0.25, -0.2) is 0 Å². The topological polar surface area (TPSA) is 21.8 Å². The minimum Gasteiger partial charge on any atom is -0.314 e. The molecule has 1 aliphatic rings. The zero-order valence-corrected chi connectivity index (χ0v) is 13.5. The van der Waals surface area contributed by atoms with Crippen molar-refractivity contribution in [3.63, 3.8) is 0 Å². The highest BCUT2D eigenvalue weighted by molar-refractivity contribution is 4.80. The van der Waals surface area contributed by atoms with Gasteiger partial charge in [0.25, 0.3) is 0 Å². The summed E-state index contributed by atoms with van der Waals surface area (Å²) in [6.45, 7) is 23.1. The summed E-state index contributed by atoms with van der Waals surface area (Å²) in [7, 11) is 0. The molecular weight excluding hydrogens is 260 g/mol. The van der Waals surface area contributed by atoms with Crippen molar-refractivity contribution in [2.75, 3.05) is 72.0 Å². The molecule has 1 fully saturated rings. The molecule has 21 heavy (non-hydrogen) atoms. The third-order valence-electron chi connectivity index (χ3n) is 3.84. The van der Waals surface area contributed by atoms with Crippen LogP contribution >= 0.6 is 0 Å². The van der Waals surface area contributed by atoms with Crippen molar-refractivity contribution in [1.82, 2.24) is 20.0 Å². The maximum Gasteiger partial charge on any atom is 0.0161 e. The maximum absolute atomic E-state index is 3.88. The van der Waals surface area contributed by atoms with Crippen molar-refractivity contribution in [2.45, 2.75) is 0 Å². The minimum absolute atomic E-state index is 0.960. The van der Waals surface area contributed by atoms with Crippen molar-refractivity contribution in [1.29, 1.82) is 0 Å². The molecule has 0 radical (unpaired) electrons. The van der Waals surface area contributed by atoms with Crippen molar-refractivity contribution in [3.8, 4) is 0 Å². The van der Waals surface area contributed by atoms with Crippen molar-refractivity contribution >= 4 is 0 Å². The zero-order valence-electron chi connectivity index (χ0n) is 13.5. The Morgan fingerprint density at radius 2 is 0.952 bits per heavy atom. The van der Waals surface area contributed by atoms with Gasteiger partial charge in [-0.2, -0.15) is 0 Å². The number of rotatable bonds is 6. The zero-order chi connectivity index (χ0) is 15.3. The fraction of sp³-hybridized carbons (Fsp3) is 0.647. The van der Waals surface area contributed by atoms with E-state index in [-0.39, 0.29) is 0 Å². The van der Waals surface area contributed by atoms with Gasteiger partial charge in [-0.3, -0.25) is 14.7 Å². The van der Waals surface area contributed by atoms with E-state index in [4.69, 9.17) is 0 Å². The lowest BCUT2D eigenvalue weighted by Gasteiger charge is -2.30. The second kappa shape index (κ2) is 11.7. The molecule has 0 atom stereocenters. The molecule has 0 aromatic heterocycles.